The second-order valence-electron chi connectivity index (χ2n) is 5.95. The molecule has 2 nitrogen and oxygen atoms in total. The number of carbonyl (C=O) groups excluding carboxylic acids is 1. The average Bonchev–Trinajstić information content (AvgIpc) is 2.33. The molecule has 1 fully saturated rings. The Hall–Kier alpha value is -0.530. The highest BCUT2D eigenvalue weighted by Crippen LogP contribution is 2.23. The van der Waals surface area contributed by atoms with Crippen molar-refractivity contribution < 1.29 is 4.79 Å². The third-order valence-electron chi connectivity index (χ3n) is 4.23. The molecule has 1 rings (SSSR count). The molecule has 0 N–H and O–H groups in total. The number of nitrogens with zero attached hydrogens (tertiary/aromatic N) is 1. The molecule has 1 heterocycles. The third-order valence-corrected chi connectivity index (χ3v) is 4.23. The second-order valence-corrected chi connectivity index (χ2v) is 5.95. The summed E-state index contributed by atoms with van der Waals surface area (Å²) < 4.78 is 0. The number of piperidine rings is 1. The van der Waals surface area contributed by atoms with Crippen molar-refractivity contribution in [3.8, 4) is 0 Å². The smallest absolute Gasteiger partial charge is 0.223 e. The first-order valence-electron chi connectivity index (χ1n) is 7.98. The van der Waals surface area contributed by atoms with E-state index in [4.69, 9.17) is 0 Å². The van der Waals surface area contributed by atoms with E-state index >= 15 is 0 Å². The minimum Gasteiger partial charge on any atom is -0.337 e. The molecule has 2 heteroatoms. The van der Waals surface area contributed by atoms with Gasteiger partial charge >= 0.3 is 0 Å². The lowest BCUT2D eigenvalue weighted by Gasteiger charge is -2.39. The van der Waals surface area contributed by atoms with Gasteiger partial charge in [0.15, 0.2) is 0 Å². The molecule has 0 aromatic rings. The Morgan fingerprint density at radius 1 is 1.00 bits per heavy atom. The van der Waals surface area contributed by atoms with Crippen molar-refractivity contribution in [2.24, 2.45) is 0 Å². The lowest BCUT2D eigenvalue weighted by atomic mass is 9.96. The van der Waals surface area contributed by atoms with Gasteiger partial charge in [-0.3, -0.25) is 4.79 Å². The van der Waals surface area contributed by atoms with Crippen LogP contribution in [0.1, 0.15) is 85.0 Å². The van der Waals surface area contributed by atoms with Crippen LogP contribution in [-0.2, 0) is 4.79 Å². The molecule has 18 heavy (non-hydrogen) atoms. The summed E-state index contributed by atoms with van der Waals surface area (Å²) in [6.45, 7) is 6.65. The number of unbranched alkanes of at least 4 members (excludes halogenated alkanes) is 5. The molecule has 0 unspecified atom stereocenters. The first-order chi connectivity index (χ1) is 8.66. The number of likely N-dealkylation sites (tertiary alicyclic amines) is 1. The van der Waals surface area contributed by atoms with Gasteiger partial charge in [0.05, 0.1) is 0 Å². The Morgan fingerprint density at radius 3 is 2.17 bits per heavy atom. The summed E-state index contributed by atoms with van der Waals surface area (Å²) >= 11 is 0. The summed E-state index contributed by atoms with van der Waals surface area (Å²) in [5, 5.41) is 0. The Kier molecular flexibility index (Phi) is 7.38. The topological polar surface area (TPSA) is 20.3 Å². The van der Waals surface area contributed by atoms with Crippen molar-refractivity contribution in [3.63, 3.8) is 0 Å². The van der Waals surface area contributed by atoms with Crippen molar-refractivity contribution in [1.82, 2.24) is 4.90 Å². The Morgan fingerprint density at radius 2 is 1.56 bits per heavy atom. The van der Waals surface area contributed by atoms with Gasteiger partial charge in [-0.05, 0) is 39.5 Å². The van der Waals surface area contributed by atoms with Crippen LogP contribution in [0.5, 0.6) is 0 Å². The summed E-state index contributed by atoms with van der Waals surface area (Å²) in [4.78, 5) is 14.4. The molecule has 0 saturated carbocycles. The zero-order valence-electron chi connectivity index (χ0n) is 12.6. The molecule has 0 aliphatic carbocycles. The first-order valence-corrected chi connectivity index (χ1v) is 7.98. The summed E-state index contributed by atoms with van der Waals surface area (Å²) in [6.07, 6.45) is 12.0. The Bertz CT molecular complexity index is 229. The van der Waals surface area contributed by atoms with Crippen molar-refractivity contribution in [2.45, 2.75) is 97.1 Å². The maximum Gasteiger partial charge on any atom is 0.223 e. The van der Waals surface area contributed by atoms with Crippen LogP contribution in [0.3, 0.4) is 0 Å². The summed E-state index contributed by atoms with van der Waals surface area (Å²) in [7, 11) is 0. The van der Waals surface area contributed by atoms with Crippen LogP contribution >= 0.6 is 0 Å². The van der Waals surface area contributed by atoms with Crippen LogP contribution in [-0.4, -0.2) is 22.9 Å². The van der Waals surface area contributed by atoms with Gasteiger partial charge in [0.2, 0.25) is 5.91 Å². The highest BCUT2D eigenvalue weighted by molar-refractivity contribution is 5.76. The summed E-state index contributed by atoms with van der Waals surface area (Å²) in [5.41, 5.74) is 0. The molecule has 0 bridgehead atoms. The summed E-state index contributed by atoms with van der Waals surface area (Å²) in [5.74, 6) is 0.394. The molecule has 1 aliphatic heterocycles. The third kappa shape index (κ3) is 4.99. The SMILES string of the molecule is CCCCCCCCC(=O)N1[C@H](C)CCC[C@@H]1C. The lowest BCUT2D eigenvalue weighted by Crippen LogP contribution is -2.47. The maximum atomic E-state index is 12.2. The minimum atomic E-state index is 0.394. The zero-order valence-corrected chi connectivity index (χ0v) is 12.6. The fourth-order valence-electron chi connectivity index (χ4n) is 3.10. The molecule has 1 saturated heterocycles. The zero-order chi connectivity index (χ0) is 13.4. The molecule has 1 aliphatic rings. The van der Waals surface area contributed by atoms with Gasteiger partial charge in [0.1, 0.15) is 0 Å². The molecular weight excluding hydrogens is 222 g/mol. The van der Waals surface area contributed by atoms with Gasteiger partial charge in [-0.15, -0.1) is 0 Å². The number of carbonyl (C=O) groups is 1. The molecule has 0 spiro atoms. The summed E-state index contributed by atoms with van der Waals surface area (Å²) in [6, 6.07) is 0.919. The van der Waals surface area contributed by atoms with E-state index in [9.17, 15) is 4.79 Å². The minimum absolute atomic E-state index is 0.394. The van der Waals surface area contributed by atoms with Crippen LogP contribution in [0, 0.1) is 0 Å². The number of hydrogen-bond donors (Lipinski definition) is 0. The molecule has 0 radical (unpaired) electrons. The number of hydrogen-bond acceptors (Lipinski definition) is 1. The van der Waals surface area contributed by atoms with E-state index in [2.05, 4.69) is 25.7 Å². The van der Waals surface area contributed by atoms with E-state index in [1.165, 1.54) is 51.4 Å². The molecule has 0 aromatic heterocycles. The maximum absolute atomic E-state index is 12.2. The Balaban J connectivity index is 2.18. The van der Waals surface area contributed by atoms with E-state index in [1.54, 1.807) is 0 Å². The van der Waals surface area contributed by atoms with Crippen molar-refractivity contribution >= 4 is 5.91 Å². The average molecular weight is 253 g/mol. The van der Waals surface area contributed by atoms with E-state index in [1.807, 2.05) is 0 Å². The number of rotatable bonds is 7. The number of amides is 1. The highest BCUT2D eigenvalue weighted by atomic mass is 16.2. The normalized spacial score (nSPS) is 24.3. The second kappa shape index (κ2) is 8.55. The van der Waals surface area contributed by atoms with Crippen molar-refractivity contribution in [2.75, 3.05) is 0 Å². The van der Waals surface area contributed by atoms with Gasteiger partial charge in [-0.2, -0.15) is 0 Å². The van der Waals surface area contributed by atoms with Gasteiger partial charge < -0.3 is 4.90 Å². The molecule has 0 aromatic carbocycles. The monoisotopic (exact) mass is 253 g/mol. The van der Waals surface area contributed by atoms with Crippen LogP contribution in [0.2, 0.25) is 0 Å². The molecule has 106 valence electrons. The quantitative estimate of drug-likeness (QED) is 0.611. The first kappa shape index (κ1) is 15.5. The van der Waals surface area contributed by atoms with Crippen molar-refractivity contribution in [1.29, 1.82) is 0 Å². The van der Waals surface area contributed by atoms with Crippen molar-refractivity contribution in [3.05, 3.63) is 0 Å². The van der Waals surface area contributed by atoms with E-state index in [-0.39, 0.29) is 0 Å². The highest BCUT2D eigenvalue weighted by Gasteiger charge is 2.28. The predicted octanol–water partition coefficient (Wildman–Crippen LogP) is 4.53. The molecular formula is C16H31NO. The van der Waals surface area contributed by atoms with Gasteiger partial charge in [0, 0.05) is 18.5 Å². The predicted molar refractivity (Wildman–Crippen MR) is 77.6 cm³/mol. The van der Waals surface area contributed by atoms with E-state index in [0.29, 0.717) is 18.0 Å². The van der Waals surface area contributed by atoms with Crippen LogP contribution in [0.4, 0.5) is 0 Å². The van der Waals surface area contributed by atoms with Gasteiger partial charge in [-0.1, -0.05) is 39.0 Å². The standard InChI is InChI=1S/C16H31NO/c1-4-5-6-7-8-9-13-16(18)17-14(2)11-10-12-15(17)3/h14-15H,4-13H2,1-3H3/t14-,15+. The van der Waals surface area contributed by atoms with Crippen LogP contribution in [0.15, 0.2) is 0 Å². The molecule has 2 atom stereocenters. The fraction of sp³-hybridized carbons (Fsp3) is 0.938. The van der Waals surface area contributed by atoms with E-state index < -0.39 is 0 Å². The van der Waals surface area contributed by atoms with Crippen LogP contribution < -0.4 is 0 Å². The van der Waals surface area contributed by atoms with Gasteiger partial charge in [0.25, 0.3) is 0 Å². The van der Waals surface area contributed by atoms with Gasteiger partial charge in [-0.25, -0.2) is 0 Å². The van der Waals surface area contributed by atoms with Crippen LogP contribution in [0.25, 0.3) is 0 Å². The fourth-order valence-corrected chi connectivity index (χ4v) is 3.10. The van der Waals surface area contributed by atoms with E-state index in [0.717, 1.165) is 12.8 Å². The lowest BCUT2D eigenvalue weighted by molar-refractivity contribution is -0.137. The largest absolute Gasteiger partial charge is 0.337 e. The Labute approximate surface area is 113 Å². The molecule has 1 amide bonds.